The normalized spacial score (nSPS) is 28.2. The maximum atomic E-state index is 12.1. The van der Waals surface area contributed by atoms with Gasteiger partial charge in [0.05, 0.1) is 0 Å². The summed E-state index contributed by atoms with van der Waals surface area (Å²) in [5.74, 6) is 1.05. The Kier molecular flexibility index (Phi) is 6.45. The molecule has 1 heterocycles. The van der Waals surface area contributed by atoms with Crippen molar-refractivity contribution in [1.82, 2.24) is 15.1 Å². The molecule has 3 N–H and O–H groups in total. The van der Waals surface area contributed by atoms with Crippen LogP contribution in [0.1, 0.15) is 32.1 Å². The van der Waals surface area contributed by atoms with Crippen LogP contribution in [0.5, 0.6) is 0 Å². The van der Waals surface area contributed by atoms with Crippen LogP contribution in [-0.2, 0) is 4.79 Å². The Balaban J connectivity index is 1.59. The number of hydrogen-bond acceptors (Lipinski definition) is 4. The number of carbonyl (C=O) groups excluding carboxylic acids is 1. The second kappa shape index (κ2) is 8.11. The molecule has 2 rings (SSSR count). The Hall–Kier alpha value is -0.650. The minimum absolute atomic E-state index is 0.167. The molecule has 0 radical (unpaired) electrons. The molecule has 0 aromatic carbocycles. The van der Waals surface area contributed by atoms with E-state index in [1.165, 1.54) is 25.9 Å². The van der Waals surface area contributed by atoms with Crippen LogP contribution in [0.25, 0.3) is 0 Å². The van der Waals surface area contributed by atoms with Crippen molar-refractivity contribution in [2.45, 2.75) is 38.1 Å². The van der Waals surface area contributed by atoms with Gasteiger partial charge in [0.2, 0.25) is 5.91 Å². The van der Waals surface area contributed by atoms with E-state index in [1.807, 2.05) is 0 Å². The van der Waals surface area contributed by atoms with Crippen molar-refractivity contribution < 1.29 is 4.79 Å². The third-order valence-electron chi connectivity index (χ3n) is 4.98. The van der Waals surface area contributed by atoms with Gasteiger partial charge < -0.3 is 20.9 Å². The average molecular weight is 296 g/mol. The highest BCUT2D eigenvalue weighted by Crippen LogP contribution is 2.24. The van der Waals surface area contributed by atoms with Gasteiger partial charge >= 0.3 is 0 Å². The van der Waals surface area contributed by atoms with Gasteiger partial charge in [-0.25, -0.2) is 0 Å². The molecule has 1 saturated heterocycles. The number of carbonyl (C=O) groups is 1. The van der Waals surface area contributed by atoms with E-state index < -0.39 is 0 Å². The summed E-state index contributed by atoms with van der Waals surface area (Å²) < 4.78 is 0. The van der Waals surface area contributed by atoms with E-state index in [-0.39, 0.29) is 17.9 Å². The summed E-state index contributed by atoms with van der Waals surface area (Å²) in [6.07, 6.45) is 5.25. The highest BCUT2D eigenvalue weighted by atomic mass is 16.1. The van der Waals surface area contributed by atoms with E-state index in [0.717, 1.165) is 38.9 Å². The second-order valence-electron chi connectivity index (χ2n) is 7.10. The lowest BCUT2D eigenvalue weighted by Gasteiger charge is -2.32. The van der Waals surface area contributed by atoms with E-state index in [2.05, 4.69) is 29.2 Å². The van der Waals surface area contributed by atoms with Gasteiger partial charge in [0.1, 0.15) is 0 Å². The van der Waals surface area contributed by atoms with E-state index >= 15 is 0 Å². The van der Waals surface area contributed by atoms with E-state index in [9.17, 15) is 4.79 Å². The minimum atomic E-state index is 0.167. The average Bonchev–Trinajstić information content (AvgIpc) is 2.90. The molecule has 2 fully saturated rings. The van der Waals surface area contributed by atoms with Gasteiger partial charge in [0, 0.05) is 31.6 Å². The summed E-state index contributed by atoms with van der Waals surface area (Å²) in [5.41, 5.74) is 5.88. The van der Waals surface area contributed by atoms with E-state index in [4.69, 9.17) is 5.73 Å². The van der Waals surface area contributed by atoms with Crippen LogP contribution >= 0.6 is 0 Å². The molecule has 1 amide bonds. The summed E-state index contributed by atoms with van der Waals surface area (Å²) in [5, 5.41) is 3.16. The number of nitrogens with one attached hydrogen (secondary N) is 1. The molecule has 2 aliphatic rings. The molecule has 2 unspecified atom stereocenters. The van der Waals surface area contributed by atoms with E-state index in [1.54, 1.807) is 0 Å². The fourth-order valence-corrected chi connectivity index (χ4v) is 3.40. The molecule has 1 aliphatic heterocycles. The number of nitrogens with two attached hydrogens (primary N) is 1. The van der Waals surface area contributed by atoms with Crippen LogP contribution < -0.4 is 11.1 Å². The first kappa shape index (κ1) is 16.7. The second-order valence-corrected chi connectivity index (χ2v) is 7.10. The maximum absolute atomic E-state index is 12.1. The van der Waals surface area contributed by atoms with Gasteiger partial charge in [-0.1, -0.05) is 0 Å². The van der Waals surface area contributed by atoms with Gasteiger partial charge in [-0.05, 0) is 65.2 Å². The molecule has 0 spiro atoms. The summed E-state index contributed by atoms with van der Waals surface area (Å²) in [6.45, 7) is 5.48. The molecule has 1 saturated carbocycles. The number of amides is 1. The third kappa shape index (κ3) is 5.57. The predicted octanol–water partition coefficient (Wildman–Crippen LogP) is 0.504. The lowest BCUT2D eigenvalue weighted by molar-refractivity contribution is -0.125. The van der Waals surface area contributed by atoms with Crippen molar-refractivity contribution in [2.75, 3.05) is 46.8 Å². The Morgan fingerprint density at radius 1 is 1.24 bits per heavy atom. The standard InChI is InChI=1S/C16H32N4O/c1-19(2)9-10-20-7-5-13(6-8-20)12-18-16(21)14-3-4-15(17)11-14/h13-15H,3-12,17H2,1-2H3,(H,18,21). The van der Waals surface area contributed by atoms with E-state index in [0.29, 0.717) is 5.92 Å². The minimum Gasteiger partial charge on any atom is -0.356 e. The molecule has 5 heteroatoms. The lowest BCUT2D eigenvalue weighted by atomic mass is 9.96. The van der Waals surface area contributed by atoms with Crippen LogP contribution in [0.4, 0.5) is 0 Å². The molecular weight excluding hydrogens is 264 g/mol. The summed E-state index contributed by atoms with van der Waals surface area (Å²) in [4.78, 5) is 16.9. The van der Waals surface area contributed by atoms with Gasteiger partial charge in [-0.3, -0.25) is 4.79 Å². The zero-order valence-corrected chi connectivity index (χ0v) is 13.7. The fourth-order valence-electron chi connectivity index (χ4n) is 3.40. The highest BCUT2D eigenvalue weighted by molar-refractivity contribution is 5.79. The van der Waals surface area contributed by atoms with Crippen LogP contribution in [-0.4, -0.2) is 68.6 Å². The smallest absolute Gasteiger partial charge is 0.223 e. The molecule has 1 aliphatic carbocycles. The molecule has 0 bridgehead atoms. The van der Waals surface area contributed by atoms with Crippen LogP contribution in [0, 0.1) is 11.8 Å². The number of hydrogen-bond donors (Lipinski definition) is 2. The van der Waals surface area contributed by atoms with Gasteiger partial charge in [-0.15, -0.1) is 0 Å². The first-order valence-electron chi connectivity index (χ1n) is 8.45. The van der Waals surface area contributed by atoms with Crippen molar-refractivity contribution >= 4 is 5.91 Å². The summed E-state index contributed by atoms with van der Waals surface area (Å²) >= 11 is 0. The van der Waals surface area contributed by atoms with Gasteiger partial charge in [0.25, 0.3) is 0 Å². The molecule has 122 valence electrons. The lowest BCUT2D eigenvalue weighted by Crippen LogP contribution is -2.41. The van der Waals surface area contributed by atoms with Crippen molar-refractivity contribution in [3.8, 4) is 0 Å². The zero-order valence-electron chi connectivity index (χ0n) is 13.7. The third-order valence-corrected chi connectivity index (χ3v) is 4.98. The quantitative estimate of drug-likeness (QED) is 0.749. The topological polar surface area (TPSA) is 61.6 Å². The molecule has 21 heavy (non-hydrogen) atoms. The zero-order chi connectivity index (χ0) is 15.2. The van der Waals surface area contributed by atoms with Crippen LogP contribution in [0.2, 0.25) is 0 Å². The summed E-state index contributed by atoms with van der Waals surface area (Å²) in [6, 6.07) is 0.237. The fraction of sp³-hybridized carbons (Fsp3) is 0.938. The molecule has 0 aromatic rings. The SMILES string of the molecule is CN(C)CCN1CCC(CNC(=O)C2CCC(N)C2)CC1. The Morgan fingerprint density at radius 2 is 1.95 bits per heavy atom. The number of likely N-dealkylation sites (tertiary alicyclic amines) is 1. The Bertz CT molecular complexity index is 326. The van der Waals surface area contributed by atoms with Crippen molar-refractivity contribution in [1.29, 1.82) is 0 Å². The number of piperidine rings is 1. The predicted molar refractivity (Wildman–Crippen MR) is 86.0 cm³/mol. The highest BCUT2D eigenvalue weighted by Gasteiger charge is 2.28. The summed E-state index contributed by atoms with van der Waals surface area (Å²) in [7, 11) is 4.24. The molecule has 5 nitrogen and oxygen atoms in total. The Labute approximate surface area is 129 Å². The maximum Gasteiger partial charge on any atom is 0.223 e. The number of likely N-dealkylation sites (N-methyl/N-ethyl adjacent to an activating group) is 1. The van der Waals surface area contributed by atoms with Crippen molar-refractivity contribution in [3.63, 3.8) is 0 Å². The molecule has 2 atom stereocenters. The number of nitrogens with zero attached hydrogens (tertiary/aromatic N) is 2. The Morgan fingerprint density at radius 3 is 2.52 bits per heavy atom. The first-order valence-corrected chi connectivity index (χ1v) is 8.45. The van der Waals surface area contributed by atoms with Crippen LogP contribution in [0.15, 0.2) is 0 Å². The number of rotatable bonds is 6. The van der Waals surface area contributed by atoms with Gasteiger partial charge in [-0.2, -0.15) is 0 Å². The van der Waals surface area contributed by atoms with Crippen molar-refractivity contribution in [2.24, 2.45) is 17.6 Å². The molecule has 0 aromatic heterocycles. The van der Waals surface area contributed by atoms with Gasteiger partial charge in [0.15, 0.2) is 0 Å². The van der Waals surface area contributed by atoms with Crippen molar-refractivity contribution in [3.05, 3.63) is 0 Å². The monoisotopic (exact) mass is 296 g/mol. The first-order chi connectivity index (χ1) is 10.0. The van der Waals surface area contributed by atoms with Crippen LogP contribution in [0.3, 0.4) is 0 Å². The largest absolute Gasteiger partial charge is 0.356 e. The molecular formula is C16H32N4O.